The van der Waals surface area contributed by atoms with Gasteiger partial charge < -0.3 is 4.57 Å². The van der Waals surface area contributed by atoms with Gasteiger partial charge >= 0.3 is 0 Å². The largest absolute Gasteiger partial charge is 0.301 e. The van der Waals surface area contributed by atoms with E-state index in [9.17, 15) is 0 Å². The lowest BCUT2D eigenvalue weighted by molar-refractivity contribution is 1.18. The third-order valence-corrected chi connectivity index (χ3v) is 10.6. The lowest BCUT2D eigenvalue weighted by Gasteiger charge is -2.10. The Morgan fingerprint density at radius 2 is 1.14 bits per heavy atom. The van der Waals surface area contributed by atoms with E-state index in [0.717, 1.165) is 33.9 Å². The topological polar surface area (TPSA) is 30.7 Å². The Bertz CT molecular complexity index is 2380. The van der Waals surface area contributed by atoms with Crippen LogP contribution in [0.15, 0.2) is 140 Å². The van der Waals surface area contributed by atoms with Crippen LogP contribution >= 0.6 is 22.7 Å². The SMILES string of the molecule is c1ccc(-c2cc(-c3ccc4c(c3)c3c5sc6ccccc6c5sc3n4-c3ccccc3)nc(-c3ccccc3)n2)cc1. The molecule has 0 unspecified atom stereocenters. The molecule has 5 heteroatoms. The van der Waals surface area contributed by atoms with E-state index in [-0.39, 0.29) is 0 Å². The Balaban J connectivity index is 1.34. The van der Waals surface area contributed by atoms with Gasteiger partial charge in [0.15, 0.2) is 5.82 Å². The zero-order chi connectivity index (χ0) is 28.3. The van der Waals surface area contributed by atoms with E-state index in [0.29, 0.717) is 0 Å². The lowest BCUT2D eigenvalue weighted by Crippen LogP contribution is -1.96. The molecule has 0 aliphatic carbocycles. The summed E-state index contributed by atoms with van der Waals surface area (Å²) in [7, 11) is 0. The highest BCUT2D eigenvalue weighted by Crippen LogP contribution is 2.49. The van der Waals surface area contributed by atoms with Gasteiger partial charge in [0, 0.05) is 43.2 Å². The zero-order valence-corrected chi connectivity index (χ0v) is 24.6. The van der Waals surface area contributed by atoms with Crippen molar-refractivity contribution in [1.82, 2.24) is 14.5 Å². The van der Waals surface area contributed by atoms with Gasteiger partial charge in [-0.1, -0.05) is 103 Å². The van der Waals surface area contributed by atoms with Crippen LogP contribution in [0.5, 0.6) is 0 Å². The molecule has 43 heavy (non-hydrogen) atoms. The zero-order valence-electron chi connectivity index (χ0n) is 22.9. The van der Waals surface area contributed by atoms with Crippen molar-refractivity contribution in [3.05, 3.63) is 140 Å². The van der Waals surface area contributed by atoms with Crippen LogP contribution in [0.2, 0.25) is 0 Å². The third kappa shape index (κ3) is 3.93. The molecule has 9 aromatic rings. The van der Waals surface area contributed by atoms with Gasteiger partial charge in [-0.3, -0.25) is 0 Å². The summed E-state index contributed by atoms with van der Waals surface area (Å²) >= 11 is 3.79. The maximum atomic E-state index is 5.12. The van der Waals surface area contributed by atoms with Crippen LogP contribution in [0.1, 0.15) is 0 Å². The van der Waals surface area contributed by atoms with Crippen LogP contribution < -0.4 is 0 Å². The quantitative estimate of drug-likeness (QED) is 0.206. The van der Waals surface area contributed by atoms with Crippen LogP contribution in [0.3, 0.4) is 0 Å². The highest BCUT2D eigenvalue weighted by Gasteiger charge is 2.21. The first kappa shape index (κ1) is 24.5. The Labute approximate surface area is 256 Å². The van der Waals surface area contributed by atoms with E-state index in [2.05, 4.69) is 120 Å². The second kappa shape index (κ2) is 9.73. The summed E-state index contributed by atoms with van der Waals surface area (Å²) in [6.45, 7) is 0. The molecule has 0 amide bonds. The van der Waals surface area contributed by atoms with Crippen molar-refractivity contribution in [2.24, 2.45) is 0 Å². The summed E-state index contributed by atoms with van der Waals surface area (Å²) < 4.78 is 6.47. The second-order valence-electron chi connectivity index (χ2n) is 10.6. The molecule has 0 saturated heterocycles. The van der Waals surface area contributed by atoms with Gasteiger partial charge in [0.1, 0.15) is 4.83 Å². The van der Waals surface area contributed by atoms with Gasteiger partial charge in [0.05, 0.1) is 26.3 Å². The average molecular weight is 586 g/mol. The minimum atomic E-state index is 0.728. The van der Waals surface area contributed by atoms with Crippen LogP contribution in [0.4, 0.5) is 0 Å². The van der Waals surface area contributed by atoms with E-state index in [1.54, 1.807) is 0 Å². The summed E-state index contributed by atoms with van der Waals surface area (Å²) in [4.78, 5) is 11.4. The van der Waals surface area contributed by atoms with Crippen LogP contribution in [0.25, 0.3) is 80.2 Å². The molecule has 0 N–H and O–H groups in total. The number of thiophene rings is 2. The Kier molecular flexibility index (Phi) is 5.54. The minimum absolute atomic E-state index is 0.728. The Morgan fingerprint density at radius 3 is 1.91 bits per heavy atom. The fraction of sp³-hybridized carbons (Fsp3) is 0. The number of rotatable bonds is 4. The van der Waals surface area contributed by atoms with E-state index in [1.165, 1.54) is 46.3 Å². The maximum absolute atomic E-state index is 5.12. The monoisotopic (exact) mass is 585 g/mol. The molecule has 4 heterocycles. The molecule has 0 saturated carbocycles. The minimum Gasteiger partial charge on any atom is -0.301 e. The predicted molar refractivity (Wildman–Crippen MR) is 183 cm³/mol. The standard InChI is InChI=1S/C38H23N3S2/c1-4-12-24(13-5-1)30-23-31(40-37(39-30)25-14-6-2-7-15-25)26-20-21-32-29(22-26)34-36-35(28-18-10-11-19-33(28)42-36)43-38(34)41(32)27-16-8-3-9-17-27/h1-23H. The van der Waals surface area contributed by atoms with Crippen LogP contribution in [-0.2, 0) is 0 Å². The smallest absolute Gasteiger partial charge is 0.160 e. The van der Waals surface area contributed by atoms with Crippen molar-refractivity contribution in [3.63, 3.8) is 0 Å². The summed E-state index contributed by atoms with van der Waals surface area (Å²) in [5.41, 5.74) is 7.37. The lowest BCUT2D eigenvalue weighted by atomic mass is 10.0. The second-order valence-corrected chi connectivity index (χ2v) is 12.7. The summed E-state index contributed by atoms with van der Waals surface area (Å²) in [5, 5.41) is 3.90. The molecular weight excluding hydrogens is 563 g/mol. The number of fused-ring (bicyclic) bond motifs is 7. The molecule has 9 rings (SSSR count). The molecule has 4 aromatic heterocycles. The normalized spacial score (nSPS) is 11.7. The van der Waals surface area contributed by atoms with Crippen LogP contribution in [-0.4, -0.2) is 14.5 Å². The fourth-order valence-electron chi connectivity index (χ4n) is 6.03. The number of aromatic nitrogens is 3. The Morgan fingerprint density at radius 1 is 0.488 bits per heavy atom. The van der Waals surface area contributed by atoms with Gasteiger partial charge in [-0.15, -0.1) is 22.7 Å². The van der Waals surface area contributed by atoms with Crippen molar-refractivity contribution in [3.8, 4) is 39.6 Å². The maximum Gasteiger partial charge on any atom is 0.160 e. The number of hydrogen-bond donors (Lipinski definition) is 0. The van der Waals surface area contributed by atoms with E-state index < -0.39 is 0 Å². The van der Waals surface area contributed by atoms with Gasteiger partial charge in [-0.25, -0.2) is 9.97 Å². The van der Waals surface area contributed by atoms with E-state index >= 15 is 0 Å². The molecule has 3 nitrogen and oxygen atoms in total. The van der Waals surface area contributed by atoms with Crippen molar-refractivity contribution in [1.29, 1.82) is 0 Å². The summed E-state index contributed by atoms with van der Waals surface area (Å²) in [6, 6.07) is 49.0. The molecule has 202 valence electrons. The number of nitrogens with zero attached hydrogens (tertiary/aromatic N) is 3. The summed E-state index contributed by atoms with van der Waals surface area (Å²) in [6.07, 6.45) is 0. The van der Waals surface area contributed by atoms with Crippen molar-refractivity contribution in [2.45, 2.75) is 0 Å². The highest BCUT2D eigenvalue weighted by molar-refractivity contribution is 7.36. The predicted octanol–water partition coefficient (Wildman–Crippen LogP) is 11.0. The number of para-hydroxylation sites is 1. The first-order valence-corrected chi connectivity index (χ1v) is 15.9. The van der Waals surface area contributed by atoms with E-state index in [1.807, 2.05) is 46.9 Å². The molecular formula is C38H23N3S2. The van der Waals surface area contributed by atoms with Crippen molar-refractivity contribution < 1.29 is 0 Å². The molecule has 0 radical (unpaired) electrons. The van der Waals surface area contributed by atoms with Gasteiger partial charge in [-0.2, -0.15) is 0 Å². The highest BCUT2D eigenvalue weighted by atomic mass is 32.1. The van der Waals surface area contributed by atoms with Gasteiger partial charge in [-0.05, 0) is 36.4 Å². The van der Waals surface area contributed by atoms with Crippen molar-refractivity contribution in [2.75, 3.05) is 0 Å². The molecule has 0 spiro atoms. The molecule has 0 bridgehead atoms. The third-order valence-electron chi connectivity index (χ3n) is 8.04. The molecule has 5 aromatic carbocycles. The molecule has 0 aliphatic rings. The Hall–Kier alpha value is -5.10. The first-order chi connectivity index (χ1) is 21.3. The van der Waals surface area contributed by atoms with Gasteiger partial charge in [0.2, 0.25) is 0 Å². The van der Waals surface area contributed by atoms with Crippen LogP contribution in [0, 0.1) is 0 Å². The number of hydrogen-bond acceptors (Lipinski definition) is 4. The fourth-order valence-corrected chi connectivity index (χ4v) is 8.85. The molecule has 0 fully saturated rings. The first-order valence-electron chi connectivity index (χ1n) is 14.3. The molecule has 0 aliphatic heterocycles. The average Bonchev–Trinajstić information content (AvgIpc) is 3.72. The summed E-state index contributed by atoms with van der Waals surface area (Å²) in [5.74, 6) is 0.728. The van der Waals surface area contributed by atoms with Gasteiger partial charge in [0.25, 0.3) is 0 Å². The van der Waals surface area contributed by atoms with E-state index in [4.69, 9.17) is 9.97 Å². The molecule has 0 atom stereocenters. The van der Waals surface area contributed by atoms with Crippen molar-refractivity contribution >= 4 is 63.3 Å². The number of benzene rings is 5.